The van der Waals surface area contributed by atoms with Crippen LogP contribution >= 0.6 is 0 Å². The minimum absolute atomic E-state index is 0.0315. The standard InChI is InChI=1S/C15H22N2O2/c1-10(2)14(18)17-9-15(3,4)19-13-7-11(8-16)5-6-12(13)17/h5-7,10H,8-9,16H2,1-4H3. The van der Waals surface area contributed by atoms with Crippen LogP contribution in [0.3, 0.4) is 0 Å². The molecule has 0 bridgehead atoms. The van der Waals surface area contributed by atoms with Gasteiger partial charge in [-0.15, -0.1) is 0 Å². The molecule has 1 aliphatic rings. The number of nitrogens with zero attached hydrogens (tertiary/aromatic N) is 1. The molecular formula is C15H22N2O2. The summed E-state index contributed by atoms with van der Waals surface area (Å²) in [6.45, 7) is 8.85. The molecule has 4 heteroatoms. The topological polar surface area (TPSA) is 55.6 Å². The lowest BCUT2D eigenvalue weighted by molar-refractivity contribution is -0.122. The Bertz CT molecular complexity index is 495. The van der Waals surface area contributed by atoms with Crippen LogP contribution < -0.4 is 15.4 Å². The van der Waals surface area contributed by atoms with Gasteiger partial charge in [-0.2, -0.15) is 0 Å². The third kappa shape index (κ3) is 2.73. The number of amides is 1. The maximum Gasteiger partial charge on any atom is 0.229 e. The van der Waals surface area contributed by atoms with Crippen LogP contribution in [0.1, 0.15) is 33.3 Å². The number of fused-ring (bicyclic) bond motifs is 1. The summed E-state index contributed by atoms with van der Waals surface area (Å²) in [5.74, 6) is 0.835. The Morgan fingerprint density at radius 2 is 2.16 bits per heavy atom. The number of anilines is 1. The Kier molecular flexibility index (Phi) is 3.54. The van der Waals surface area contributed by atoms with Crippen molar-refractivity contribution in [2.24, 2.45) is 11.7 Å². The lowest BCUT2D eigenvalue weighted by Crippen LogP contribution is -2.50. The molecule has 104 valence electrons. The number of nitrogens with two attached hydrogens (primary N) is 1. The van der Waals surface area contributed by atoms with E-state index in [0.29, 0.717) is 13.1 Å². The van der Waals surface area contributed by atoms with Gasteiger partial charge in [0.2, 0.25) is 5.91 Å². The molecule has 0 fully saturated rings. The molecule has 1 aromatic rings. The molecule has 4 nitrogen and oxygen atoms in total. The first-order valence-electron chi connectivity index (χ1n) is 6.67. The minimum atomic E-state index is -0.384. The summed E-state index contributed by atoms with van der Waals surface area (Å²) < 4.78 is 5.97. The molecular weight excluding hydrogens is 240 g/mol. The number of ether oxygens (including phenoxy) is 1. The molecule has 2 rings (SSSR count). The van der Waals surface area contributed by atoms with E-state index < -0.39 is 0 Å². The number of carbonyl (C=O) groups is 1. The number of hydrogen-bond acceptors (Lipinski definition) is 3. The van der Waals surface area contributed by atoms with E-state index in [1.807, 2.05) is 50.8 Å². The normalized spacial score (nSPS) is 17.1. The average Bonchev–Trinajstić information content (AvgIpc) is 2.34. The first-order chi connectivity index (χ1) is 8.84. The van der Waals surface area contributed by atoms with E-state index in [2.05, 4.69) is 0 Å². The molecule has 19 heavy (non-hydrogen) atoms. The second-order valence-electron chi connectivity index (χ2n) is 5.95. The van der Waals surface area contributed by atoms with E-state index in [1.165, 1.54) is 0 Å². The molecule has 1 heterocycles. The molecule has 0 radical (unpaired) electrons. The summed E-state index contributed by atoms with van der Waals surface area (Å²) in [4.78, 5) is 14.2. The fourth-order valence-corrected chi connectivity index (χ4v) is 2.29. The SMILES string of the molecule is CC(C)C(=O)N1CC(C)(C)Oc2cc(CN)ccc21. The van der Waals surface area contributed by atoms with Gasteiger partial charge in [0.1, 0.15) is 11.4 Å². The van der Waals surface area contributed by atoms with Crippen LogP contribution in [0.2, 0.25) is 0 Å². The zero-order valence-corrected chi connectivity index (χ0v) is 12.1. The molecule has 1 amide bonds. The predicted octanol–water partition coefficient (Wildman–Crippen LogP) is 2.31. The Labute approximate surface area is 114 Å². The molecule has 0 unspecified atom stereocenters. The van der Waals surface area contributed by atoms with Gasteiger partial charge in [0.05, 0.1) is 12.2 Å². The van der Waals surface area contributed by atoms with Gasteiger partial charge in [-0.05, 0) is 31.5 Å². The Morgan fingerprint density at radius 1 is 1.47 bits per heavy atom. The molecule has 0 saturated carbocycles. The summed E-state index contributed by atoms with van der Waals surface area (Å²) in [5.41, 5.74) is 7.12. The summed E-state index contributed by atoms with van der Waals surface area (Å²) in [7, 11) is 0. The van der Waals surface area contributed by atoms with Crippen LogP contribution in [-0.4, -0.2) is 18.1 Å². The molecule has 1 aliphatic heterocycles. The molecule has 0 atom stereocenters. The van der Waals surface area contributed by atoms with Crippen LogP contribution in [0.5, 0.6) is 5.75 Å². The summed E-state index contributed by atoms with van der Waals surface area (Å²) in [6, 6.07) is 5.80. The largest absolute Gasteiger partial charge is 0.484 e. The second-order valence-corrected chi connectivity index (χ2v) is 5.95. The van der Waals surface area contributed by atoms with Gasteiger partial charge in [-0.3, -0.25) is 4.79 Å². The highest BCUT2D eigenvalue weighted by molar-refractivity contribution is 5.96. The number of benzene rings is 1. The smallest absolute Gasteiger partial charge is 0.229 e. The van der Waals surface area contributed by atoms with E-state index in [1.54, 1.807) is 0 Å². The zero-order valence-electron chi connectivity index (χ0n) is 12.1. The van der Waals surface area contributed by atoms with Crippen molar-refractivity contribution in [1.29, 1.82) is 0 Å². The molecule has 0 aliphatic carbocycles. The summed E-state index contributed by atoms with van der Waals surface area (Å²) in [5, 5.41) is 0. The van der Waals surface area contributed by atoms with E-state index >= 15 is 0 Å². The van der Waals surface area contributed by atoms with Gasteiger partial charge in [0, 0.05) is 12.5 Å². The molecule has 0 saturated heterocycles. The highest BCUT2D eigenvalue weighted by atomic mass is 16.5. The predicted molar refractivity (Wildman–Crippen MR) is 76.2 cm³/mol. The highest BCUT2D eigenvalue weighted by Gasteiger charge is 2.35. The van der Waals surface area contributed by atoms with Crippen LogP contribution in [-0.2, 0) is 11.3 Å². The van der Waals surface area contributed by atoms with Crippen molar-refractivity contribution in [2.45, 2.75) is 39.8 Å². The monoisotopic (exact) mass is 262 g/mol. The fraction of sp³-hybridized carbons (Fsp3) is 0.533. The maximum absolute atomic E-state index is 12.3. The Hall–Kier alpha value is -1.55. The lowest BCUT2D eigenvalue weighted by atomic mass is 10.0. The van der Waals surface area contributed by atoms with Crippen molar-refractivity contribution in [2.75, 3.05) is 11.4 Å². The number of carbonyl (C=O) groups excluding carboxylic acids is 1. The molecule has 0 aromatic heterocycles. The van der Waals surface area contributed by atoms with Gasteiger partial charge in [0.25, 0.3) is 0 Å². The van der Waals surface area contributed by atoms with Gasteiger partial charge in [-0.1, -0.05) is 19.9 Å². The van der Waals surface area contributed by atoms with Gasteiger partial charge in [-0.25, -0.2) is 0 Å². The zero-order chi connectivity index (χ0) is 14.2. The number of rotatable bonds is 2. The number of hydrogen-bond donors (Lipinski definition) is 1. The van der Waals surface area contributed by atoms with Gasteiger partial charge >= 0.3 is 0 Å². The summed E-state index contributed by atoms with van der Waals surface area (Å²) in [6.07, 6.45) is 0. The third-order valence-corrected chi connectivity index (χ3v) is 3.24. The lowest BCUT2D eigenvalue weighted by Gasteiger charge is -2.40. The average molecular weight is 262 g/mol. The molecule has 0 spiro atoms. The van der Waals surface area contributed by atoms with E-state index in [4.69, 9.17) is 10.5 Å². The van der Waals surface area contributed by atoms with Crippen LogP contribution in [0, 0.1) is 5.92 Å². The van der Waals surface area contributed by atoms with Crippen LogP contribution in [0.25, 0.3) is 0 Å². The van der Waals surface area contributed by atoms with E-state index in [0.717, 1.165) is 17.0 Å². The van der Waals surface area contributed by atoms with Crippen molar-refractivity contribution in [3.63, 3.8) is 0 Å². The van der Waals surface area contributed by atoms with Crippen LogP contribution in [0.4, 0.5) is 5.69 Å². The minimum Gasteiger partial charge on any atom is -0.484 e. The molecule has 2 N–H and O–H groups in total. The van der Waals surface area contributed by atoms with Crippen molar-refractivity contribution >= 4 is 11.6 Å². The Balaban J connectivity index is 2.46. The van der Waals surface area contributed by atoms with E-state index in [-0.39, 0.29) is 17.4 Å². The highest BCUT2D eigenvalue weighted by Crippen LogP contribution is 2.38. The fourth-order valence-electron chi connectivity index (χ4n) is 2.29. The van der Waals surface area contributed by atoms with Crippen molar-refractivity contribution in [3.05, 3.63) is 23.8 Å². The maximum atomic E-state index is 12.3. The van der Waals surface area contributed by atoms with Gasteiger partial charge in [0.15, 0.2) is 0 Å². The van der Waals surface area contributed by atoms with Crippen LogP contribution in [0.15, 0.2) is 18.2 Å². The van der Waals surface area contributed by atoms with Crippen molar-refractivity contribution < 1.29 is 9.53 Å². The quantitative estimate of drug-likeness (QED) is 0.889. The third-order valence-electron chi connectivity index (χ3n) is 3.24. The Morgan fingerprint density at radius 3 is 2.74 bits per heavy atom. The summed E-state index contributed by atoms with van der Waals surface area (Å²) >= 11 is 0. The van der Waals surface area contributed by atoms with Crippen molar-refractivity contribution in [3.8, 4) is 5.75 Å². The van der Waals surface area contributed by atoms with E-state index in [9.17, 15) is 4.79 Å². The van der Waals surface area contributed by atoms with Crippen molar-refractivity contribution in [1.82, 2.24) is 0 Å². The molecule has 1 aromatic carbocycles. The first-order valence-corrected chi connectivity index (χ1v) is 6.67. The van der Waals surface area contributed by atoms with Gasteiger partial charge < -0.3 is 15.4 Å². The second kappa shape index (κ2) is 4.85. The first kappa shape index (κ1) is 13.9.